The first-order valence-corrected chi connectivity index (χ1v) is 6.60. The molecule has 2 rings (SSSR count). The summed E-state index contributed by atoms with van der Waals surface area (Å²) in [6.45, 7) is 1.58. The molecule has 0 radical (unpaired) electrons. The summed E-state index contributed by atoms with van der Waals surface area (Å²) in [7, 11) is 1.64. The van der Waals surface area contributed by atoms with E-state index in [-0.39, 0.29) is 24.0 Å². The second-order valence-corrected chi connectivity index (χ2v) is 4.54. The number of guanidine groups is 1. The van der Waals surface area contributed by atoms with Gasteiger partial charge in [-0.1, -0.05) is 0 Å². The molecule has 1 unspecified atom stereocenters. The van der Waals surface area contributed by atoms with Gasteiger partial charge in [0.1, 0.15) is 5.75 Å². The second kappa shape index (κ2) is 9.02. The average Bonchev–Trinajstić information content (AvgIpc) is 2.93. The Hall–Kier alpha value is -1.02. The molecule has 1 aromatic rings. The zero-order valence-corrected chi connectivity index (χ0v) is 14.0. The summed E-state index contributed by atoms with van der Waals surface area (Å²) in [5.41, 5.74) is 6.73. The van der Waals surface area contributed by atoms with Gasteiger partial charge in [-0.25, -0.2) is 0 Å². The number of nitrogens with one attached hydrogen (secondary N) is 1. The van der Waals surface area contributed by atoms with Gasteiger partial charge in [-0.3, -0.25) is 4.99 Å². The van der Waals surface area contributed by atoms with Gasteiger partial charge in [0.2, 0.25) is 0 Å². The maximum absolute atomic E-state index is 5.83. The van der Waals surface area contributed by atoms with Gasteiger partial charge in [-0.05, 0) is 43.5 Å². The van der Waals surface area contributed by atoms with Crippen molar-refractivity contribution >= 4 is 35.6 Å². The SMILES string of the molecule is COc1ccc(NC(N)=NCCC2CCCO2)cc1.I. The highest BCUT2D eigenvalue weighted by molar-refractivity contribution is 14.0. The summed E-state index contributed by atoms with van der Waals surface area (Å²) in [6.07, 6.45) is 3.60. The standard InChI is InChI=1S/C14H21N3O2.HI/c1-18-12-6-4-11(5-7-12)17-14(15)16-9-8-13-3-2-10-19-13;/h4-7,13H,2-3,8-10H2,1H3,(H3,15,16,17);1H. The Morgan fingerprint density at radius 1 is 1.45 bits per heavy atom. The number of hydrogen-bond donors (Lipinski definition) is 2. The van der Waals surface area contributed by atoms with Crippen LogP contribution in [-0.4, -0.2) is 32.3 Å². The number of nitrogens with zero attached hydrogens (tertiary/aromatic N) is 1. The van der Waals surface area contributed by atoms with Crippen molar-refractivity contribution in [1.29, 1.82) is 0 Å². The van der Waals surface area contributed by atoms with Crippen LogP contribution in [0.15, 0.2) is 29.3 Å². The van der Waals surface area contributed by atoms with E-state index in [1.165, 1.54) is 0 Å². The van der Waals surface area contributed by atoms with Crippen LogP contribution in [0.25, 0.3) is 0 Å². The Kier molecular flexibility index (Phi) is 7.68. The maximum atomic E-state index is 5.83. The molecule has 0 bridgehead atoms. The largest absolute Gasteiger partial charge is 0.497 e. The number of hydrogen-bond acceptors (Lipinski definition) is 3. The van der Waals surface area contributed by atoms with E-state index < -0.39 is 0 Å². The summed E-state index contributed by atoms with van der Waals surface area (Å²) in [5, 5.41) is 3.05. The minimum absolute atomic E-state index is 0. The summed E-state index contributed by atoms with van der Waals surface area (Å²) in [4.78, 5) is 4.30. The minimum Gasteiger partial charge on any atom is -0.497 e. The predicted octanol–water partition coefficient (Wildman–Crippen LogP) is 2.61. The average molecular weight is 391 g/mol. The van der Waals surface area contributed by atoms with Crippen LogP contribution in [0.5, 0.6) is 5.75 Å². The fraction of sp³-hybridized carbons (Fsp3) is 0.500. The van der Waals surface area contributed by atoms with E-state index in [0.29, 0.717) is 18.6 Å². The first-order valence-electron chi connectivity index (χ1n) is 6.60. The van der Waals surface area contributed by atoms with E-state index in [0.717, 1.165) is 37.3 Å². The third kappa shape index (κ3) is 5.54. The van der Waals surface area contributed by atoms with Crippen LogP contribution in [0.4, 0.5) is 5.69 Å². The van der Waals surface area contributed by atoms with E-state index in [1.54, 1.807) is 7.11 Å². The molecule has 1 aliphatic rings. The lowest BCUT2D eigenvalue weighted by Gasteiger charge is -2.08. The smallest absolute Gasteiger partial charge is 0.193 e. The molecule has 3 N–H and O–H groups in total. The Morgan fingerprint density at radius 2 is 2.20 bits per heavy atom. The predicted molar refractivity (Wildman–Crippen MR) is 92.1 cm³/mol. The van der Waals surface area contributed by atoms with Crippen LogP contribution >= 0.6 is 24.0 Å². The van der Waals surface area contributed by atoms with Crippen molar-refractivity contribution in [3.63, 3.8) is 0 Å². The molecule has 1 heterocycles. The van der Waals surface area contributed by atoms with E-state index in [1.807, 2.05) is 24.3 Å². The topological polar surface area (TPSA) is 68.9 Å². The van der Waals surface area contributed by atoms with Gasteiger partial charge >= 0.3 is 0 Å². The van der Waals surface area contributed by atoms with Crippen LogP contribution in [0.2, 0.25) is 0 Å². The van der Waals surface area contributed by atoms with Crippen molar-refractivity contribution in [3.8, 4) is 5.75 Å². The van der Waals surface area contributed by atoms with Gasteiger partial charge in [-0.2, -0.15) is 0 Å². The molecule has 0 spiro atoms. The molecule has 1 atom stereocenters. The maximum Gasteiger partial charge on any atom is 0.193 e. The first-order chi connectivity index (χ1) is 9.28. The number of nitrogens with two attached hydrogens (primary N) is 1. The molecular weight excluding hydrogens is 369 g/mol. The Morgan fingerprint density at radius 3 is 2.80 bits per heavy atom. The lowest BCUT2D eigenvalue weighted by molar-refractivity contribution is 0.106. The lowest BCUT2D eigenvalue weighted by atomic mass is 10.2. The van der Waals surface area contributed by atoms with E-state index >= 15 is 0 Å². The highest BCUT2D eigenvalue weighted by Gasteiger charge is 2.14. The van der Waals surface area contributed by atoms with Crippen molar-refractivity contribution in [1.82, 2.24) is 0 Å². The highest BCUT2D eigenvalue weighted by Crippen LogP contribution is 2.16. The van der Waals surface area contributed by atoms with E-state index in [9.17, 15) is 0 Å². The van der Waals surface area contributed by atoms with Crippen molar-refractivity contribution in [2.45, 2.75) is 25.4 Å². The molecule has 1 aromatic carbocycles. The molecule has 1 aliphatic heterocycles. The summed E-state index contributed by atoms with van der Waals surface area (Å²) in [6, 6.07) is 7.56. The molecule has 6 heteroatoms. The highest BCUT2D eigenvalue weighted by atomic mass is 127. The second-order valence-electron chi connectivity index (χ2n) is 4.54. The number of methoxy groups -OCH3 is 1. The molecule has 0 saturated carbocycles. The molecule has 0 aromatic heterocycles. The van der Waals surface area contributed by atoms with Gasteiger partial charge in [0.25, 0.3) is 0 Å². The molecule has 20 heavy (non-hydrogen) atoms. The van der Waals surface area contributed by atoms with Gasteiger partial charge in [0.15, 0.2) is 5.96 Å². The fourth-order valence-electron chi connectivity index (χ4n) is 2.06. The molecule has 1 fully saturated rings. The number of anilines is 1. The van der Waals surface area contributed by atoms with Gasteiger partial charge in [-0.15, -0.1) is 24.0 Å². The van der Waals surface area contributed by atoms with Crippen molar-refractivity contribution < 1.29 is 9.47 Å². The van der Waals surface area contributed by atoms with Crippen molar-refractivity contribution in [3.05, 3.63) is 24.3 Å². The molecule has 0 aliphatic carbocycles. The lowest BCUT2D eigenvalue weighted by Crippen LogP contribution is -2.23. The van der Waals surface area contributed by atoms with Crippen molar-refractivity contribution in [2.24, 2.45) is 10.7 Å². The van der Waals surface area contributed by atoms with Gasteiger partial charge < -0.3 is 20.5 Å². The molecule has 5 nitrogen and oxygen atoms in total. The monoisotopic (exact) mass is 391 g/mol. The van der Waals surface area contributed by atoms with Crippen LogP contribution in [0, 0.1) is 0 Å². The molecule has 0 amide bonds. The normalized spacial score (nSPS) is 18.4. The van der Waals surface area contributed by atoms with Crippen LogP contribution in [0.3, 0.4) is 0 Å². The van der Waals surface area contributed by atoms with E-state index in [4.69, 9.17) is 15.2 Å². The molecule has 112 valence electrons. The number of aliphatic imine (C=N–C) groups is 1. The van der Waals surface area contributed by atoms with Crippen LogP contribution in [0.1, 0.15) is 19.3 Å². The fourth-order valence-corrected chi connectivity index (χ4v) is 2.06. The molecular formula is C14H22IN3O2. The minimum atomic E-state index is 0. The third-order valence-corrected chi connectivity index (χ3v) is 3.12. The van der Waals surface area contributed by atoms with Gasteiger partial charge in [0.05, 0.1) is 13.2 Å². The number of halogens is 1. The van der Waals surface area contributed by atoms with Crippen LogP contribution < -0.4 is 15.8 Å². The van der Waals surface area contributed by atoms with E-state index in [2.05, 4.69) is 10.3 Å². The number of rotatable bonds is 5. The first kappa shape index (κ1) is 17.0. The summed E-state index contributed by atoms with van der Waals surface area (Å²) >= 11 is 0. The number of benzene rings is 1. The van der Waals surface area contributed by atoms with Gasteiger partial charge in [0, 0.05) is 18.8 Å². The number of ether oxygens (including phenoxy) is 2. The quantitative estimate of drug-likeness (QED) is 0.460. The Bertz CT molecular complexity index is 417. The molecule has 1 saturated heterocycles. The third-order valence-electron chi connectivity index (χ3n) is 3.12. The summed E-state index contributed by atoms with van der Waals surface area (Å²) < 4.78 is 10.6. The summed E-state index contributed by atoms with van der Waals surface area (Å²) in [5.74, 6) is 1.25. The zero-order valence-electron chi connectivity index (χ0n) is 11.7. The van der Waals surface area contributed by atoms with Crippen molar-refractivity contribution in [2.75, 3.05) is 25.6 Å². The van der Waals surface area contributed by atoms with Crippen LogP contribution in [-0.2, 0) is 4.74 Å². The zero-order chi connectivity index (χ0) is 13.5. The Balaban J connectivity index is 0.00000200. The Labute approximate surface area is 137 Å².